The van der Waals surface area contributed by atoms with E-state index in [9.17, 15) is 13.4 Å². The average molecular weight is 343 g/mol. The van der Waals surface area contributed by atoms with Gasteiger partial charge in [0.15, 0.2) is 5.82 Å². The number of likely N-dealkylation sites (tertiary alicyclic amines) is 1. The third kappa shape index (κ3) is 5.53. The van der Waals surface area contributed by atoms with Gasteiger partial charge in [0.2, 0.25) is 5.16 Å². The molecule has 1 atom stereocenters. The van der Waals surface area contributed by atoms with Gasteiger partial charge in [-0.15, -0.1) is 0 Å². The van der Waals surface area contributed by atoms with Crippen molar-refractivity contribution in [2.75, 3.05) is 18.8 Å². The van der Waals surface area contributed by atoms with Crippen LogP contribution in [0.2, 0.25) is 0 Å². The average Bonchev–Trinajstić information content (AvgIpc) is 2.46. The molecule has 8 heteroatoms. The minimum atomic E-state index is -1.35. The van der Waals surface area contributed by atoms with Crippen LogP contribution >= 0.6 is 0 Å². The van der Waals surface area contributed by atoms with E-state index < -0.39 is 22.2 Å². The Kier molecular flexibility index (Phi) is 5.67. The van der Waals surface area contributed by atoms with Gasteiger partial charge in [-0.3, -0.25) is 4.21 Å². The Hall–Kier alpha value is -1.57. The van der Waals surface area contributed by atoms with Gasteiger partial charge in [0.1, 0.15) is 5.60 Å². The van der Waals surface area contributed by atoms with Crippen molar-refractivity contribution < 1.29 is 18.1 Å². The van der Waals surface area contributed by atoms with Crippen molar-refractivity contribution in [3.63, 3.8) is 0 Å². The van der Waals surface area contributed by atoms with E-state index in [-0.39, 0.29) is 17.2 Å². The number of piperidine rings is 1. The lowest BCUT2D eigenvalue weighted by Gasteiger charge is -2.33. The van der Waals surface area contributed by atoms with Crippen LogP contribution in [0.25, 0.3) is 0 Å². The lowest BCUT2D eigenvalue weighted by atomic mass is 9.99. The molecule has 0 N–H and O–H groups in total. The monoisotopic (exact) mass is 343 g/mol. The van der Waals surface area contributed by atoms with Crippen LogP contribution in [0.15, 0.2) is 17.6 Å². The molecule has 2 rings (SSSR count). The second-order valence-corrected chi connectivity index (χ2v) is 8.00. The summed E-state index contributed by atoms with van der Waals surface area (Å²) in [7, 11) is -1.35. The first-order valence-corrected chi connectivity index (χ1v) is 8.90. The van der Waals surface area contributed by atoms with Gasteiger partial charge >= 0.3 is 6.09 Å². The van der Waals surface area contributed by atoms with E-state index in [1.807, 2.05) is 20.8 Å². The van der Waals surface area contributed by atoms with Gasteiger partial charge in [-0.05, 0) is 39.5 Å². The first kappa shape index (κ1) is 17.8. The van der Waals surface area contributed by atoms with Crippen molar-refractivity contribution in [1.82, 2.24) is 14.9 Å². The van der Waals surface area contributed by atoms with E-state index in [0.717, 1.165) is 25.2 Å². The number of amides is 1. The number of hydrogen-bond donors (Lipinski definition) is 0. The number of aromatic nitrogens is 2. The fourth-order valence-corrected chi connectivity index (χ4v) is 3.57. The lowest BCUT2D eigenvalue weighted by Crippen LogP contribution is -2.42. The van der Waals surface area contributed by atoms with E-state index in [0.29, 0.717) is 18.8 Å². The topological polar surface area (TPSA) is 72.4 Å². The zero-order valence-corrected chi connectivity index (χ0v) is 14.4. The van der Waals surface area contributed by atoms with E-state index in [2.05, 4.69) is 9.97 Å². The van der Waals surface area contributed by atoms with Gasteiger partial charge in [0.05, 0.1) is 23.2 Å². The summed E-state index contributed by atoms with van der Waals surface area (Å²) in [6.07, 6.45) is 3.24. The second kappa shape index (κ2) is 7.33. The molecule has 1 aliphatic rings. The first-order valence-electron chi connectivity index (χ1n) is 7.58. The summed E-state index contributed by atoms with van der Waals surface area (Å²) in [6.45, 7) is 6.68. The van der Waals surface area contributed by atoms with Crippen LogP contribution in [0.3, 0.4) is 0 Å². The molecule has 1 fully saturated rings. The zero-order valence-electron chi connectivity index (χ0n) is 13.6. The molecule has 1 aromatic heterocycles. The van der Waals surface area contributed by atoms with Gasteiger partial charge in [0.25, 0.3) is 0 Å². The van der Waals surface area contributed by atoms with Gasteiger partial charge in [-0.1, -0.05) is 0 Å². The number of rotatable bonds is 3. The summed E-state index contributed by atoms with van der Waals surface area (Å²) in [5.41, 5.74) is -0.505. The molecule has 0 spiro atoms. The Morgan fingerprint density at radius 3 is 2.43 bits per heavy atom. The third-order valence-corrected chi connectivity index (χ3v) is 4.85. The molecular formula is C15H22FN3O3S. The van der Waals surface area contributed by atoms with Crippen molar-refractivity contribution in [3.8, 4) is 0 Å². The molecule has 0 aliphatic carbocycles. The Morgan fingerprint density at radius 2 is 1.91 bits per heavy atom. The number of hydrogen-bond acceptors (Lipinski definition) is 5. The summed E-state index contributed by atoms with van der Waals surface area (Å²) in [5.74, 6) is 0.105. The molecule has 0 saturated carbocycles. The molecule has 0 radical (unpaired) electrons. The van der Waals surface area contributed by atoms with Crippen LogP contribution < -0.4 is 0 Å². The molecule has 23 heavy (non-hydrogen) atoms. The predicted octanol–water partition coefficient (Wildman–Crippen LogP) is 2.37. The Balaban J connectivity index is 1.81. The molecule has 2 heterocycles. The summed E-state index contributed by atoms with van der Waals surface area (Å²) in [6, 6.07) is 0. The minimum absolute atomic E-state index is 0.154. The van der Waals surface area contributed by atoms with Gasteiger partial charge < -0.3 is 9.64 Å². The third-order valence-electron chi connectivity index (χ3n) is 3.45. The molecule has 1 saturated heterocycles. The highest BCUT2D eigenvalue weighted by atomic mass is 32.2. The standard InChI is InChI=1S/C15H22FN3O3S/c1-15(2,3)22-14(20)19-6-4-11(5-7-19)10-23(21)13-17-8-12(16)9-18-13/h8-9,11H,4-7,10H2,1-3H3/t23-/m0/s1. The largest absolute Gasteiger partial charge is 0.444 e. The van der Waals surface area contributed by atoms with Gasteiger partial charge in [-0.2, -0.15) is 0 Å². The van der Waals surface area contributed by atoms with Crippen molar-refractivity contribution >= 4 is 16.9 Å². The zero-order chi connectivity index (χ0) is 17.0. The molecule has 0 aromatic carbocycles. The second-order valence-electron chi connectivity index (χ2n) is 6.61. The van der Waals surface area contributed by atoms with Gasteiger partial charge in [-0.25, -0.2) is 19.2 Å². The van der Waals surface area contributed by atoms with Crippen LogP contribution in [-0.4, -0.2) is 49.6 Å². The molecule has 128 valence electrons. The van der Waals surface area contributed by atoms with Crippen molar-refractivity contribution in [3.05, 3.63) is 18.2 Å². The quantitative estimate of drug-likeness (QED) is 0.788. The summed E-state index contributed by atoms with van der Waals surface area (Å²) in [5, 5.41) is 0.154. The summed E-state index contributed by atoms with van der Waals surface area (Å²) in [4.78, 5) is 21.2. The maximum atomic E-state index is 12.8. The summed E-state index contributed by atoms with van der Waals surface area (Å²) >= 11 is 0. The number of carbonyl (C=O) groups excluding carboxylic acids is 1. The van der Waals surface area contributed by atoms with E-state index in [1.54, 1.807) is 4.90 Å². The maximum Gasteiger partial charge on any atom is 0.410 e. The van der Waals surface area contributed by atoms with Crippen LogP contribution in [0.5, 0.6) is 0 Å². The van der Waals surface area contributed by atoms with E-state index >= 15 is 0 Å². The molecule has 1 aliphatic heterocycles. The van der Waals surface area contributed by atoms with Crippen LogP contribution in [-0.2, 0) is 15.5 Å². The SMILES string of the molecule is CC(C)(C)OC(=O)N1CCC(C[S@](=O)c2ncc(F)cn2)CC1. The lowest BCUT2D eigenvalue weighted by molar-refractivity contribution is 0.0191. The van der Waals surface area contributed by atoms with E-state index in [4.69, 9.17) is 4.74 Å². The van der Waals surface area contributed by atoms with Crippen LogP contribution in [0, 0.1) is 11.7 Å². The molecule has 1 amide bonds. The van der Waals surface area contributed by atoms with Crippen molar-refractivity contribution in [2.45, 2.75) is 44.4 Å². The molecule has 1 aromatic rings. The predicted molar refractivity (Wildman–Crippen MR) is 83.8 cm³/mol. The molecule has 0 bridgehead atoms. The maximum absolute atomic E-state index is 12.8. The number of ether oxygens (including phenoxy) is 1. The molecule has 0 unspecified atom stereocenters. The first-order chi connectivity index (χ1) is 10.7. The van der Waals surface area contributed by atoms with Crippen molar-refractivity contribution in [1.29, 1.82) is 0 Å². The van der Waals surface area contributed by atoms with Crippen LogP contribution in [0.4, 0.5) is 9.18 Å². The fourth-order valence-electron chi connectivity index (χ4n) is 2.32. The highest BCUT2D eigenvalue weighted by Crippen LogP contribution is 2.21. The number of nitrogens with zero attached hydrogens (tertiary/aromatic N) is 3. The summed E-state index contributed by atoms with van der Waals surface area (Å²) < 4.78 is 30.3. The van der Waals surface area contributed by atoms with Crippen LogP contribution in [0.1, 0.15) is 33.6 Å². The number of halogens is 1. The minimum Gasteiger partial charge on any atom is -0.444 e. The normalized spacial score (nSPS) is 17.8. The number of carbonyl (C=O) groups is 1. The Labute approximate surface area is 137 Å². The van der Waals surface area contributed by atoms with E-state index in [1.165, 1.54) is 0 Å². The van der Waals surface area contributed by atoms with Gasteiger partial charge in [0, 0.05) is 18.8 Å². The Bertz CT molecular complexity index is 566. The highest BCUT2D eigenvalue weighted by molar-refractivity contribution is 7.84. The van der Waals surface area contributed by atoms with Crippen molar-refractivity contribution in [2.24, 2.45) is 5.92 Å². The highest BCUT2D eigenvalue weighted by Gasteiger charge is 2.28. The smallest absolute Gasteiger partial charge is 0.410 e. The molecule has 6 nitrogen and oxygen atoms in total. The fraction of sp³-hybridized carbons (Fsp3) is 0.667. The Morgan fingerprint density at radius 1 is 1.35 bits per heavy atom. The molecular weight excluding hydrogens is 321 g/mol.